The van der Waals surface area contributed by atoms with Gasteiger partial charge >= 0.3 is 5.97 Å². The Balaban J connectivity index is 1.38. The lowest BCUT2D eigenvalue weighted by atomic mass is 10.1. The van der Waals surface area contributed by atoms with Crippen molar-refractivity contribution in [2.75, 3.05) is 18.2 Å². The Morgan fingerprint density at radius 1 is 1.22 bits per heavy atom. The molecular weight excluding hydrogens is 448 g/mol. The van der Waals surface area contributed by atoms with Gasteiger partial charge < -0.3 is 19.4 Å². The number of benzene rings is 1. The first-order valence-electron chi connectivity index (χ1n) is 10.4. The number of carbonyl (C=O) groups is 2. The molecule has 168 valence electrons. The number of hydrogen-bond acceptors (Lipinski definition) is 8. The fourth-order valence-electron chi connectivity index (χ4n) is 3.62. The number of anilines is 1. The maximum Gasteiger partial charge on any atom is 0.341 e. The summed E-state index contributed by atoms with van der Waals surface area (Å²) in [6.07, 6.45) is 2.80. The van der Waals surface area contributed by atoms with Crippen molar-refractivity contribution in [3.8, 4) is 5.75 Å². The summed E-state index contributed by atoms with van der Waals surface area (Å²) in [5.74, 6) is 1.01. The Bertz CT molecular complexity index is 1110. The number of hydrogen-bond donors (Lipinski definition) is 1. The summed E-state index contributed by atoms with van der Waals surface area (Å²) in [5, 5.41) is 12.6. The smallest absolute Gasteiger partial charge is 0.341 e. The summed E-state index contributed by atoms with van der Waals surface area (Å²) in [7, 11) is 1.36. The SMILES string of the molecule is CCn1c(COc2ccccc2)nnc1SCC(=O)Nc1sc2c(c1C(=O)OC)CCC2. The topological polar surface area (TPSA) is 95.3 Å². The second-order valence-electron chi connectivity index (χ2n) is 7.13. The number of methoxy groups -OCH3 is 1. The molecule has 0 saturated carbocycles. The highest BCUT2D eigenvalue weighted by Crippen LogP contribution is 2.39. The molecule has 0 bridgehead atoms. The first kappa shape index (κ1) is 22.3. The van der Waals surface area contributed by atoms with Gasteiger partial charge in [0.25, 0.3) is 0 Å². The number of thiophene rings is 1. The average molecular weight is 473 g/mol. The largest absolute Gasteiger partial charge is 0.486 e. The fraction of sp³-hybridized carbons (Fsp3) is 0.364. The number of amides is 1. The van der Waals surface area contributed by atoms with Crippen LogP contribution >= 0.6 is 23.1 Å². The molecule has 10 heteroatoms. The van der Waals surface area contributed by atoms with Crippen molar-refractivity contribution in [1.82, 2.24) is 14.8 Å². The van der Waals surface area contributed by atoms with Crippen LogP contribution in [0.25, 0.3) is 0 Å². The van der Waals surface area contributed by atoms with Crippen LogP contribution in [0.2, 0.25) is 0 Å². The molecule has 0 radical (unpaired) electrons. The van der Waals surface area contributed by atoms with Gasteiger partial charge in [-0.05, 0) is 43.9 Å². The number of aromatic nitrogens is 3. The van der Waals surface area contributed by atoms with E-state index < -0.39 is 5.97 Å². The van der Waals surface area contributed by atoms with E-state index in [0.29, 0.717) is 34.7 Å². The van der Waals surface area contributed by atoms with E-state index in [2.05, 4.69) is 15.5 Å². The summed E-state index contributed by atoms with van der Waals surface area (Å²) in [6, 6.07) is 9.52. The van der Waals surface area contributed by atoms with E-state index in [1.807, 2.05) is 41.8 Å². The van der Waals surface area contributed by atoms with Gasteiger partial charge in [-0.1, -0.05) is 30.0 Å². The summed E-state index contributed by atoms with van der Waals surface area (Å²) in [4.78, 5) is 26.0. The van der Waals surface area contributed by atoms with E-state index in [9.17, 15) is 9.59 Å². The predicted molar refractivity (Wildman–Crippen MR) is 124 cm³/mol. The molecule has 4 rings (SSSR count). The molecule has 8 nitrogen and oxygen atoms in total. The van der Waals surface area contributed by atoms with Gasteiger partial charge in [0.05, 0.1) is 18.4 Å². The Hall–Kier alpha value is -2.85. The van der Waals surface area contributed by atoms with Crippen molar-refractivity contribution in [2.45, 2.75) is 44.5 Å². The van der Waals surface area contributed by atoms with Crippen LogP contribution in [0.4, 0.5) is 5.00 Å². The van der Waals surface area contributed by atoms with Gasteiger partial charge in [0.2, 0.25) is 5.91 Å². The average Bonchev–Trinajstić information content (AvgIpc) is 3.50. The standard InChI is InChI=1S/C22H24N4O4S2/c1-3-26-17(12-30-14-8-5-4-6-9-14)24-25-22(26)31-13-18(27)23-20-19(21(28)29-2)15-10-7-11-16(15)32-20/h4-6,8-9H,3,7,10-13H2,1-2H3,(H,23,27). The van der Waals surface area contributed by atoms with Crippen molar-refractivity contribution in [2.24, 2.45) is 0 Å². The molecule has 0 fully saturated rings. The summed E-state index contributed by atoms with van der Waals surface area (Å²) in [5.41, 5.74) is 1.51. The number of nitrogens with one attached hydrogen (secondary N) is 1. The Labute approximate surface area is 194 Å². The highest BCUT2D eigenvalue weighted by atomic mass is 32.2. The number of esters is 1. The van der Waals surface area contributed by atoms with E-state index in [-0.39, 0.29) is 11.7 Å². The van der Waals surface area contributed by atoms with Crippen molar-refractivity contribution < 1.29 is 19.1 Å². The first-order chi connectivity index (χ1) is 15.6. The molecule has 0 atom stereocenters. The molecule has 1 aliphatic carbocycles. The first-order valence-corrected chi connectivity index (χ1v) is 12.2. The molecule has 0 unspecified atom stereocenters. The molecule has 32 heavy (non-hydrogen) atoms. The van der Waals surface area contributed by atoms with E-state index in [0.717, 1.165) is 35.5 Å². The van der Waals surface area contributed by atoms with Crippen LogP contribution in [0.3, 0.4) is 0 Å². The Kier molecular flexibility index (Phi) is 7.11. The quantitative estimate of drug-likeness (QED) is 0.372. The molecule has 0 saturated heterocycles. The van der Waals surface area contributed by atoms with Crippen molar-refractivity contribution in [1.29, 1.82) is 0 Å². The molecule has 1 aliphatic rings. The monoisotopic (exact) mass is 472 g/mol. The minimum Gasteiger partial charge on any atom is -0.486 e. The molecule has 1 N–H and O–H groups in total. The third-order valence-electron chi connectivity index (χ3n) is 5.12. The lowest BCUT2D eigenvalue weighted by Crippen LogP contribution is -2.17. The van der Waals surface area contributed by atoms with Crippen molar-refractivity contribution in [3.05, 3.63) is 52.2 Å². The minimum atomic E-state index is -0.402. The molecule has 1 amide bonds. The van der Waals surface area contributed by atoms with Gasteiger partial charge in [-0.25, -0.2) is 4.79 Å². The van der Waals surface area contributed by atoms with Crippen LogP contribution < -0.4 is 10.1 Å². The lowest BCUT2D eigenvalue weighted by Gasteiger charge is -2.09. The Morgan fingerprint density at radius 2 is 2.03 bits per heavy atom. The number of carbonyl (C=O) groups excluding carboxylic acids is 2. The zero-order valence-corrected chi connectivity index (χ0v) is 19.6. The van der Waals surface area contributed by atoms with Crippen LogP contribution in [0.5, 0.6) is 5.75 Å². The van der Waals surface area contributed by atoms with Crippen LogP contribution in [-0.2, 0) is 35.5 Å². The van der Waals surface area contributed by atoms with E-state index in [4.69, 9.17) is 9.47 Å². The van der Waals surface area contributed by atoms with Crippen LogP contribution in [0, 0.1) is 0 Å². The molecule has 2 aromatic heterocycles. The van der Waals surface area contributed by atoms with Gasteiger partial charge in [0, 0.05) is 11.4 Å². The van der Waals surface area contributed by atoms with Gasteiger partial charge in [0.1, 0.15) is 17.4 Å². The minimum absolute atomic E-state index is 0.154. The molecule has 0 spiro atoms. The maximum atomic E-state index is 12.6. The van der Waals surface area contributed by atoms with Gasteiger partial charge in [-0.3, -0.25) is 4.79 Å². The summed E-state index contributed by atoms with van der Waals surface area (Å²) < 4.78 is 12.6. The second-order valence-corrected chi connectivity index (χ2v) is 9.18. The molecule has 2 heterocycles. The zero-order valence-electron chi connectivity index (χ0n) is 17.9. The number of aryl methyl sites for hydroxylation is 1. The van der Waals surface area contributed by atoms with Crippen LogP contribution in [0.15, 0.2) is 35.5 Å². The van der Waals surface area contributed by atoms with Crippen molar-refractivity contribution in [3.63, 3.8) is 0 Å². The fourth-order valence-corrected chi connectivity index (χ4v) is 5.73. The molecule has 1 aromatic carbocycles. The number of ether oxygens (including phenoxy) is 2. The lowest BCUT2D eigenvalue weighted by molar-refractivity contribution is -0.113. The number of para-hydroxylation sites is 1. The van der Waals surface area contributed by atoms with E-state index in [1.54, 1.807) is 0 Å². The summed E-state index contributed by atoms with van der Waals surface area (Å²) >= 11 is 2.77. The van der Waals surface area contributed by atoms with Gasteiger partial charge in [-0.2, -0.15) is 0 Å². The number of rotatable bonds is 9. The molecular formula is C22H24N4O4S2. The van der Waals surface area contributed by atoms with E-state index >= 15 is 0 Å². The number of thioether (sulfide) groups is 1. The number of nitrogens with zero attached hydrogens (tertiary/aromatic N) is 3. The maximum absolute atomic E-state index is 12.6. The predicted octanol–water partition coefficient (Wildman–Crippen LogP) is 3.94. The summed E-state index contributed by atoms with van der Waals surface area (Å²) in [6.45, 7) is 2.95. The molecule has 0 aliphatic heterocycles. The highest BCUT2D eigenvalue weighted by Gasteiger charge is 2.28. The molecule has 3 aromatic rings. The third-order valence-corrected chi connectivity index (χ3v) is 7.29. The van der Waals surface area contributed by atoms with Gasteiger partial charge in [-0.15, -0.1) is 21.5 Å². The second kappa shape index (κ2) is 10.2. The van der Waals surface area contributed by atoms with Crippen molar-refractivity contribution >= 4 is 40.0 Å². The third kappa shape index (κ3) is 4.81. The van der Waals surface area contributed by atoms with E-state index in [1.165, 1.54) is 30.2 Å². The van der Waals surface area contributed by atoms with Gasteiger partial charge in [0.15, 0.2) is 11.0 Å². The zero-order chi connectivity index (χ0) is 22.5. The van der Waals surface area contributed by atoms with Crippen LogP contribution in [-0.4, -0.2) is 39.5 Å². The van der Waals surface area contributed by atoms with Crippen LogP contribution in [0.1, 0.15) is 40.0 Å². The number of fused-ring (bicyclic) bond motifs is 1. The normalized spacial score (nSPS) is 12.4. The Morgan fingerprint density at radius 3 is 2.78 bits per heavy atom. The highest BCUT2D eigenvalue weighted by molar-refractivity contribution is 7.99.